The lowest BCUT2D eigenvalue weighted by Gasteiger charge is -2.35. The number of halogens is 2. The van der Waals surface area contributed by atoms with E-state index in [2.05, 4.69) is 10.6 Å². The van der Waals surface area contributed by atoms with Crippen LogP contribution >= 0.6 is 23.2 Å². The van der Waals surface area contributed by atoms with Crippen molar-refractivity contribution in [3.8, 4) is 0 Å². The summed E-state index contributed by atoms with van der Waals surface area (Å²) in [4.78, 5) is 38.6. The van der Waals surface area contributed by atoms with Gasteiger partial charge in [-0.3, -0.25) is 14.4 Å². The number of carbonyl (C=O) groups is 3. The zero-order valence-corrected chi connectivity index (χ0v) is 18.1. The Morgan fingerprint density at radius 3 is 2.33 bits per heavy atom. The summed E-state index contributed by atoms with van der Waals surface area (Å²) in [5, 5.41) is 6.30. The molecule has 1 saturated heterocycles. The van der Waals surface area contributed by atoms with E-state index in [1.165, 1.54) is 6.92 Å². The molecule has 6 nitrogen and oxygen atoms in total. The SMILES string of the molecule is CC(=O)Nc1ccc(CC(=O)N2CCCCC2C(=O)Nc2ccc(Cl)c(Cl)c2)cc1. The highest BCUT2D eigenvalue weighted by Gasteiger charge is 2.32. The maximum absolute atomic E-state index is 12.9. The number of nitrogens with zero attached hydrogens (tertiary/aromatic N) is 1. The van der Waals surface area contributed by atoms with E-state index in [1.54, 1.807) is 47.4 Å². The molecule has 0 saturated carbocycles. The van der Waals surface area contributed by atoms with E-state index in [9.17, 15) is 14.4 Å². The van der Waals surface area contributed by atoms with Crippen LogP contribution in [0.5, 0.6) is 0 Å². The third-order valence-corrected chi connectivity index (χ3v) is 5.68. The summed E-state index contributed by atoms with van der Waals surface area (Å²) in [6.07, 6.45) is 2.55. The molecule has 3 rings (SSSR count). The van der Waals surface area contributed by atoms with Crippen molar-refractivity contribution in [2.24, 2.45) is 0 Å². The van der Waals surface area contributed by atoms with E-state index in [-0.39, 0.29) is 24.1 Å². The number of hydrogen-bond donors (Lipinski definition) is 2. The van der Waals surface area contributed by atoms with Gasteiger partial charge in [0.25, 0.3) is 0 Å². The van der Waals surface area contributed by atoms with Crippen molar-refractivity contribution in [2.45, 2.75) is 38.6 Å². The lowest BCUT2D eigenvalue weighted by Crippen LogP contribution is -2.50. The van der Waals surface area contributed by atoms with Crippen LogP contribution in [0.1, 0.15) is 31.7 Å². The minimum atomic E-state index is -0.528. The highest BCUT2D eigenvalue weighted by atomic mass is 35.5. The standard InChI is InChI=1S/C22H23Cl2N3O3/c1-14(28)25-16-7-5-15(6-8-16)12-21(29)27-11-3-2-4-20(27)22(30)26-17-9-10-18(23)19(24)13-17/h5-10,13,20H,2-4,11-12H2,1H3,(H,25,28)(H,26,30). The third kappa shape index (κ3) is 5.74. The molecule has 2 aromatic rings. The summed E-state index contributed by atoms with van der Waals surface area (Å²) in [5.74, 6) is -0.485. The molecular weight excluding hydrogens is 425 g/mol. The van der Waals surface area contributed by atoms with Crippen LogP contribution in [0, 0.1) is 0 Å². The summed E-state index contributed by atoms with van der Waals surface area (Å²) >= 11 is 11.9. The first-order valence-corrected chi connectivity index (χ1v) is 10.5. The Bertz CT molecular complexity index is 947. The minimum Gasteiger partial charge on any atom is -0.330 e. The van der Waals surface area contributed by atoms with Gasteiger partial charge in [-0.1, -0.05) is 35.3 Å². The van der Waals surface area contributed by atoms with Gasteiger partial charge in [0, 0.05) is 24.8 Å². The van der Waals surface area contributed by atoms with E-state index < -0.39 is 6.04 Å². The molecule has 1 fully saturated rings. The van der Waals surface area contributed by atoms with Crippen LogP contribution in [-0.2, 0) is 20.8 Å². The maximum Gasteiger partial charge on any atom is 0.247 e. The molecule has 1 unspecified atom stereocenters. The largest absolute Gasteiger partial charge is 0.330 e. The van der Waals surface area contributed by atoms with Gasteiger partial charge in [0.2, 0.25) is 17.7 Å². The molecule has 3 amide bonds. The molecule has 1 aliphatic rings. The van der Waals surface area contributed by atoms with Gasteiger partial charge in [-0.2, -0.15) is 0 Å². The van der Waals surface area contributed by atoms with Gasteiger partial charge in [0.15, 0.2) is 0 Å². The second kappa shape index (κ2) is 9.96. The Balaban J connectivity index is 1.66. The van der Waals surface area contributed by atoms with Gasteiger partial charge < -0.3 is 15.5 Å². The first-order chi connectivity index (χ1) is 14.3. The Morgan fingerprint density at radius 2 is 1.67 bits per heavy atom. The Hall–Kier alpha value is -2.57. The van der Waals surface area contributed by atoms with Crippen LogP contribution in [0.25, 0.3) is 0 Å². The van der Waals surface area contributed by atoms with Gasteiger partial charge in [-0.05, 0) is 55.2 Å². The number of piperidine rings is 1. The molecule has 0 radical (unpaired) electrons. The molecule has 2 N–H and O–H groups in total. The summed E-state index contributed by atoms with van der Waals surface area (Å²) in [6.45, 7) is 1.99. The van der Waals surface area contributed by atoms with E-state index in [4.69, 9.17) is 23.2 Å². The third-order valence-electron chi connectivity index (χ3n) is 4.94. The van der Waals surface area contributed by atoms with Crippen LogP contribution in [0.3, 0.4) is 0 Å². The normalized spacial score (nSPS) is 16.1. The average molecular weight is 448 g/mol. The molecule has 0 aromatic heterocycles. The topological polar surface area (TPSA) is 78.5 Å². The van der Waals surface area contributed by atoms with Crippen molar-refractivity contribution in [1.82, 2.24) is 4.90 Å². The van der Waals surface area contributed by atoms with E-state index in [0.717, 1.165) is 18.4 Å². The van der Waals surface area contributed by atoms with Gasteiger partial charge in [0.05, 0.1) is 16.5 Å². The number of rotatable bonds is 5. The molecule has 8 heteroatoms. The lowest BCUT2D eigenvalue weighted by atomic mass is 9.99. The summed E-state index contributed by atoms with van der Waals surface area (Å²) < 4.78 is 0. The van der Waals surface area contributed by atoms with Gasteiger partial charge >= 0.3 is 0 Å². The summed E-state index contributed by atoms with van der Waals surface area (Å²) in [6, 6.07) is 11.5. The number of benzene rings is 2. The van der Waals surface area contributed by atoms with Crippen LogP contribution in [0.15, 0.2) is 42.5 Å². The van der Waals surface area contributed by atoms with Crippen molar-refractivity contribution < 1.29 is 14.4 Å². The van der Waals surface area contributed by atoms with E-state index in [1.807, 2.05) is 0 Å². The first-order valence-electron chi connectivity index (χ1n) is 9.75. The van der Waals surface area contributed by atoms with Crippen molar-refractivity contribution in [3.63, 3.8) is 0 Å². The van der Waals surface area contributed by atoms with Gasteiger partial charge in [0.1, 0.15) is 6.04 Å². The first kappa shape index (κ1) is 22.1. The van der Waals surface area contributed by atoms with Crippen molar-refractivity contribution in [3.05, 3.63) is 58.1 Å². The van der Waals surface area contributed by atoms with Crippen LogP contribution in [0.4, 0.5) is 11.4 Å². The number of anilines is 2. The summed E-state index contributed by atoms with van der Waals surface area (Å²) in [7, 11) is 0. The van der Waals surface area contributed by atoms with E-state index >= 15 is 0 Å². The minimum absolute atomic E-state index is 0.101. The van der Waals surface area contributed by atoms with Crippen LogP contribution < -0.4 is 10.6 Å². The molecule has 1 atom stereocenters. The Labute approximate surface area is 185 Å². The van der Waals surface area contributed by atoms with Gasteiger partial charge in [-0.15, -0.1) is 0 Å². The van der Waals surface area contributed by atoms with Crippen molar-refractivity contribution in [2.75, 3.05) is 17.2 Å². The molecule has 1 aliphatic heterocycles. The smallest absolute Gasteiger partial charge is 0.247 e. The fourth-order valence-corrected chi connectivity index (χ4v) is 3.79. The summed E-state index contributed by atoms with van der Waals surface area (Å²) in [5.41, 5.74) is 2.04. The van der Waals surface area contributed by atoms with Crippen LogP contribution in [-0.4, -0.2) is 35.2 Å². The zero-order chi connectivity index (χ0) is 21.7. The predicted molar refractivity (Wildman–Crippen MR) is 119 cm³/mol. The molecule has 2 aromatic carbocycles. The number of carbonyl (C=O) groups excluding carboxylic acids is 3. The van der Waals surface area contributed by atoms with Crippen molar-refractivity contribution in [1.29, 1.82) is 0 Å². The quantitative estimate of drug-likeness (QED) is 0.707. The highest BCUT2D eigenvalue weighted by molar-refractivity contribution is 6.42. The zero-order valence-electron chi connectivity index (χ0n) is 16.6. The molecule has 0 aliphatic carbocycles. The number of nitrogens with one attached hydrogen (secondary N) is 2. The predicted octanol–water partition coefficient (Wildman–Crippen LogP) is 4.51. The molecule has 0 bridgehead atoms. The maximum atomic E-state index is 12.9. The van der Waals surface area contributed by atoms with Crippen molar-refractivity contribution >= 4 is 52.3 Å². The van der Waals surface area contributed by atoms with Crippen LogP contribution in [0.2, 0.25) is 10.0 Å². The average Bonchev–Trinajstić information content (AvgIpc) is 2.72. The fraction of sp³-hybridized carbons (Fsp3) is 0.318. The molecule has 158 valence electrons. The molecular formula is C22H23Cl2N3O3. The molecule has 1 heterocycles. The molecule has 0 spiro atoms. The monoisotopic (exact) mass is 447 g/mol. The molecule has 30 heavy (non-hydrogen) atoms. The van der Waals surface area contributed by atoms with E-state index in [0.29, 0.717) is 34.4 Å². The number of amides is 3. The lowest BCUT2D eigenvalue weighted by molar-refractivity contribution is -0.139. The number of hydrogen-bond acceptors (Lipinski definition) is 3. The second-order valence-corrected chi connectivity index (χ2v) is 8.09. The fourth-order valence-electron chi connectivity index (χ4n) is 3.49. The van der Waals surface area contributed by atoms with Gasteiger partial charge in [-0.25, -0.2) is 0 Å². The highest BCUT2D eigenvalue weighted by Crippen LogP contribution is 2.26. The number of likely N-dealkylation sites (tertiary alicyclic amines) is 1. The second-order valence-electron chi connectivity index (χ2n) is 7.27. The Kier molecular flexibility index (Phi) is 7.34. The Morgan fingerprint density at radius 1 is 0.967 bits per heavy atom.